The Labute approximate surface area is 66.2 Å². The van der Waals surface area contributed by atoms with E-state index in [0.717, 1.165) is 0 Å². The van der Waals surface area contributed by atoms with E-state index in [2.05, 4.69) is 9.05 Å². The maximum Gasteiger partial charge on any atom is 0.699 e. The third-order valence-electron chi connectivity index (χ3n) is 0.505. The van der Waals surface area contributed by atoms with Crippen molar-refractivity contribution in [2.45, 2.75) is 11.7 Å². The van der Waals surface area contributed by atoms with Crippen molar-refractivity contribution in [3.8, 4) is 0 Å². The normalized spacial score (nSPS) is 18.8. The Bertz CT molecular complexity index is 109. The number of nitrogens with two attached hydrogens (primary N) is 2. The van der Waals surface area contributed by atoms with Gasteiger partial charge in [-0.15, -0.1) is 9.05 Å². The van der Waals surface area contributed by atoms with Crippen LogP contribution in [0.15, 0.2) is 0 Å². The van der Waals surface area contributed by atoms with Crippen LogP contribution in [0, 0.1) is 0 Å². The van der Waals surface area contributed by atoms with Crippen LogP contribution in [-0.4, -0.2) is 32.2 Å². The molecule has 0 heterocycles. The van der Waals surface area contributed by atoms with E-state index in [4.69, 9.17) is 11.5 Å². The van der Waals surface area contributed by atoms with Crippen LogP contribution in [0.25, 0.3) is 0 Å². The summed E-state index contributed by atoms with van der Waals surface area (Å²) in [5.74, 6) is -0.881. The summed E-state index contributed by atoms with van der Waals surface area (Å²) in [7, 11) is -0.831. The highest BCUT2D eigenvalue weighted by Crippen LogP contribution is 2.24. The molecule has 2 atom stereocenters. The molecule has 0 amide bonds. The van der Waals surface area contributed by atoms with Crippen LogP contribution >= 0.6 is 8.25 Å². The highest BCUT2D eigenvalue weighted by molar-refractivity contribution is 7.33. The summed E-state index contributed by atoms with van der Waals surface area (Å²) in [5.41, 5.74) is 10.4. The van der Waals surface area contributed by atoms with E-state index in [1.54, 1.807) is 0 Å². The zero-order chi connectivity index (χ0) is 8.15. The van der Waals surface area contributed by atoms with Crippen molar-refractivity contribution in [2.24, 2.45) is 11.5 Å². The van der Waals surface area contributed by atoms with Crippen LogP contribution in [0.5, 0.6) is 0 Å². The maximum absolute atomic E-state index is 10.7. The summed E-state index contributed by atoms with van der Waals surface area (Å²) in [6.45, 7) is 0. The summed E-state index contributed by atoms with van der Waals surface area (Å²) < 4.78 is 19.9. The summed E-state index contributed by atoms with van der Waals surface area (Å²) in [5, 5.41) is 0. The minimum Gasteiger partial charge on any atom is -0.306 e. The zero-order valence-corrected chi connectivity index (χ0v) is 10.9. The molecule has 0 aliphatic heterocycles. The molecule has 0 bridgehead atoms. The molecule has 4 N–H and O–H groups in total. The van der Waals surface area contributed by atoms with E-state index in [1.165, 1.54) is 0 Å². The summed E-state index contributed by atoms with van der Waals surface area (Å²) in [6, 6.07) is 0. The third kappa shape index (κ3) is 6.49. The van der Waals surface area contributed by atoms with Crippen molar-refractivity contribution >= 4 is 28.7 Å². The summed E-state index contributed by atoms with van der Waals surface area (Å²) >= 11 is 0. The molecule has 10 heavy (non-hydrogen) atoms. The number of rotatable bonds is 4. The van der Waals surface area contributed by atoms with Crippen LogP contribution in [0.1, 0.15) is 0 Å². The molecular formula is C2H12N2O3PSi2+. The second-order valence-corrected chi connectivity index (χ2v) is 4.99. The van der Waals surface area contributed by atoms with E-state index in [9.17, 15) is 4.57 Å². The molecule has 0 rings (SSSR count). The van der Waals surface area contributed by atoms with Crippen molar-refractivity contribution in [1.29, 1.82) is 0 Å². The van der Waals surface area contributed by atoms with Crippen molar-refractivity contribution in [3.05, 3.63) is 0 Å². The fourth-order valence-electron chi connectivity index (χ4n) is 0.296. The minimum absolute atomic E-state index is 0.441. The smallest absolute Gasteiger partial charge is 0.306 e. The van der Waals surface area contributed by atoms with E-state index in [-0.39, 0.29) is 0 Å². The highest BCUT2D eigenvalue weighted by Gasteiger charge is 2.24. The molecule has 60 valence electrons. The van der Waals surface area contributed by atoms with Gasteiger partial charge in [-0.1, -0.05) is 0 Å². The van der Waals surface area contributed by atoms with Gasteiger partial charge in [0, 0.05) is 4.57 Å². The first-order valence-electron chi connectivity index (χ1n) is 2.84. The maximum atomic E-state index is 10.7. The molecule has 0 fully saturated rings. The molecule has 0 aliphatic rings. The minimum atomic E-state index is -2.09. The standard InChI is InChI=1S/C2H12N2O3PSi2/c3-1(9)6-8(5)7-2(4)10/h1-2H,3-4H2,9-10H3/q+1. The fourth-order valence-corrected chi connectivity index (χ4v) is 1.92. The van der Waals surface area contributed by atoms with Gasteiger partial charge in [0.2, 0.25) is 0 Å². The van der Waals surface area contributed by atoms with Crippen molar-refractivity contribution in [1.82, 2.24) is 0 Å². The molecule has 0 aliphatic carbocycles. The van der Waals surface area contributed by atoms with Crippen molar-refractivity contribution < 1.29 is 13.6 Å². The van der Waals surface area contributed by atoms with E-state index in [0.29, 0.717) is 20.5 Å². The van der Waals surface area contributed by atoms with Gasteiger partial charge < -0.3 is 11.5 Å². The zero-order valence-electron chi connectivity index (χ0n) is 5.98. The van der Waals surface area contributed by atoms with Gasteiger partial charge in [0.1, 0.15) is 11.7 Å². The second-order valence-electron chi connectivity index (χ2n) is 1.84. The second kappa shape index (κ2) is 5.08. The Morgan fingerprint density at radius 3 is 1.70 bits per heavy atom. The lowest BCUT2D eigenvalue weighted by molar-refractivity contribution is 0.200. The van der Waals surface area contributed by atoms with Gasteiger partial charge in [0.15, 0.2) is 0 Å². The van der Waals surface area contributed by atoms with Crippen molar-refractivity contribution in [2.75, 3.05) is 0 Å². The molecular weight excluding hydrogens is 187 g/mol. The number of hydrogen-bond acceptors (Lipinski definition) is 5. The molecule has 2 unspecified atom stereocenters. The van der Waals surface area contributed by atoms with Crippen LogP contribution in [0.2, 0.25) is 0 Å². The lowest BCUT2D eigenvalue weighted by Crippen LogP contribution is -2.24. The number of hydrogen-bond donors (Lipinski definition) is 2. The van der Waals surface area contributed by atoms with E-state index < -0.39 is 20.0 Å². The first kappa shape index (κ1) is 10.4. The largest absolute Gasteiger partial charge is 0.699 e. The van der Waals surface area contributed by atoms with Crippen LogP contribution in [0.3, 0.4) is 0 Å². The monoisotopic (exact) mass is 199 g/mol. The Kier molecular flexibility index (Phi) is 5.27. The average Bonchev–Trinajstić information content (AvgIpc) is 1.58. The first-order chi connectivity index (χ1) is 4.52. The topological polar surface area (TPSA) is 87.6 Å². The summed E-state index contributed by atoms with van der Waals surface area (Å²) in [6.07, 6.45) is 0. The fraction of sp³-hybridized carbons (Fsp3) is 1.00. The van der Waals surface area contributed by atoms with E-state index in [1.807, 2.05) is 0 Å². The van der Waals surface area contributed by atoms with Gasteiger partial charge in [-0.2, -0.15) is 0 Å². The average molecular weight is 199 g/mol. The Balaban J connectivity index is 3.44. The van der Waals surface area contributed by atoms with Gasteiger partial charge in [-0.25, -0.2) is 0 Å². The molecule has 0 aromatic rings. The van der Waals surface area contributed by atoms with Crippen LogP contribution in [-0.2, 0) is 13.6 Å². The highest BCUT2D eigenvalue weighted by atomic mass is 31.1. The van der Waals surface area contributed by atoms with Crippen LogP contribution < -0.4 is 11.5 Å². The molecule has 0 spiro atoms. The van der Waals surface area contributed by atoms with E-state index >= 15 is 0 Å². The van der Waals surface area contributed by atoms with Gasteiger partial charge in [0.05, 0.1) is 20.5 Å². The first-order valence-corrected chi connectivity index (χ1v) is 6.25. The predicted molar refractivity (Wildman–Crippen MR) is 45.6 cm³/mol. The predicted octanol–water partition coefficient (Wildman–Crippen LogP) is -3.11. The molecule has 0 aromatic heterocycles. The lowest BCUT2D eigenvalue weighted by atomic mass is 11.4. The molecule has 5 nitrogen and oxygen atoms in total. The van der Waals surface area contributed by atoms with Gasteiger partial charge in [-0.05, 0) is 0 Å². The van der Waals surface area contributed by atoms with Gasteiger partial charge in [0.25, 0.3) is 0 Å². The summed E-state index contributed by atoms with van der Waals surface area (Å²) in [4.78, 5) is 0. The van der Waals surface area contributed by atoms with Crippen LogP contribution in [0.4, 0.5) is 0 Å². The Hall–Kier alpha value is 0.374. The SMILES string of the molecule is NC([SiH3])O[P+](=O)OC(N)[SiH3]. The molecule has 0 saturated heterocycles. The Morgan fingerprint density at radius 1 is 1.20 bits per heavy atom. The van der Waals surface area contributed by atoms with Crippen molar-refractivity contribution in [3.63, 3.8) is 0 Å². The quantitative estimate of drug-likeness (QED) is 0.284. The Morgan fingerprint density at radius 2 is 1.50 bits per heavy atom. The van der Waals surface area contributed by atoms with Gasteiger partial charge in [-0.3, -0.25) is 0 Å². The molecule has 8 heteroatoms. The molecule has 0 saturated carbocycles. The third-order valence-corrected chi connectivity index (χ3v) is 2.78. The molecule has 0 radical (unpaired) electrons. The molecule has 0 aromatic carbocycles. The van der Waals surface area contributed by atoms with Gasteiger partial charge >= 0.3 is 8.25 Å². The lowest BCUT2D eigenvalue weighted by Gasteiger charge is -1.95.